The van der Waals surface area contributed by atoms with E-state index in [-0.39, 0.29) is 5.92 Å². The van der Waals surface area contributed by atoms with Gasteiger partial charge < -0.3 is 9.15 Å². The van der Waals surface area contributed by atoms with Crippen molar-refractivity contribution >= 4 is 21.9 Å². The lowest BCUT2D eigenvalue weighted by Gasteiger charge is -2.25. The molecule has 0 N–H and O–H groups in total. The van der Waals surface area contributed by atoms with Crippen LogP contribution in [0, 0.1) is 19.8 Å². The van der Waals surface area contributed by atoms with Crippen molar-refractivity contribution in [3.8, 4) is 22.8 Å². The molecule has 0 bridgehead atoms. The fourth-order valence-corrected chi connectivity index (χ4v) is 5.06. The first-order chi connectivity index (χ1) is 14.3. The van der Waals surface area contributed by atoms with Crippen molar-refractivity contribution in [2.45, 2.75) is 53.9 Å². The van der Waals surface area contributed by atoms with Crippen LogP contribution in [0.2, 0.25) is 0 Å². The van der Waals surface area contributed by atoms with Gasteiger partial charge in [0.2, 0.25) is 11.3 Å². The minimum absolute atomic E-state index is 0.287. The van der Waals surface area contributed by atoms with Gasteiger partial charge in [-0.25, -0.2) is 0 Å². The van der Waals surface area contributed by atoms with Gasteiger partial charge in [-0.2, -0.15) is 4.57 Å². The van der Waals surface area contributed by atoms with Gasteiger partial charge >= 0.3 is 0 Å². The zero-order valence-electron chi connectivity index (χ0n) is 19.0. The van der Waals surface area contributed by atoms with Gasteiger partial charge in [-0.05, 0) is 60.2 Å². The second kappa shape index (κ2) is 6.60. The van der Waals surface area contributed by atoms with Gasteiger partial charge in [0.15, 0.2) is 0 Å². The molecule has 1 aliphatic rings. The van der Waals surface area contributed by atoms with Crippen molar-refractivity contribution < 1.29 is 13.7 Å². The summed E-state index contributed by atoms with van der Waals surface area (Å²) < 4.78 is 14.9. The highest BCUT2D eigenvalue weighted by Gasteiger charge is 2.36. The van der Waals surface area contributed by atoms with Crippen LogP contribution >= 0.6 is 0 Å². The van der Waals surface area contributed by atoms with Crippen molar-refractivity contribution in [2.75, 3.05) is 0 Å². The number of hydrogen-bond donors (Lipinski definition) is 0. The van der Waals surface area contributed by atoms with Crippen LogP contribution in [0.1, 0.15) is 55.9 Å². The van der Waals surface area contributed by atoms with Gasteiger partial charge in [-0.15, -0.1) is 0 Å². The largest absolute Gasteiger partial charge is 0.457 e. The average Bonchev–Trinajstić information content (AvgIpc) is 3.14. The summed E-state index contributed by atoms with van der Waals surface area (Å²) in [6.07, 6.45) is 2.83. The summed E-state index contributed by atoms with van der Waals surface area (Å²) in [6.45, 7) is 13.4. The molecule has 154 valence electrons. The van der Waals surface area contributed by atoms with Crippen LogP contribution in [0.25, 0.3) is 33.1 Å². The van der Waals surface area contributed by atoms with E-state index in [0.29, 0.717) is 5.92 Å². The van der Waals surface area contributed by atoms with Gasteiger partial charge in [-0.1, -0.05) is 39.8 Å². The summed E-state index contributed by atoms with van der Waals surface area (Å²) in [7, 11) is 2.12. The minimum Gasteiger partial charge on any atom is -0.457 e. The molecule has 0 spiro atoms. The molecule has 0 fully saturated rings. The Hall–Kier alpha value is -2.81. The number of aromatic nitrogens is 1. The molecule has 4 aromatic rings. The van der Waals surface area contributed by atoms with Gasteiger partial charge in [0, 0.05) is 11.5 Å². The molecule has 3 heteroatoms. The van der Waals surface area contributed by atoms with Crippen molar-refractivity contribution in [1.29, 1.82) is 0 Å². The normalized spacial score (nSPS) is 12.8. The summed E-state index contributed by atoms with van der Waals surface area (Å²) in [6, 6.07) is 8.98. The maximum absolute atomic E-state index is 6.74. The Morgan fingerprint density at radius 2 is 1.80 bits per heavy atom. The lowest BCUT2D eigenvalue weighted by molar-refractivity contribution is -0.634. The first kappa shape index (κ1) is 19.2. The Balaban J connectivity index is 1.96. The smallest absolute Gasteiger partial charge is 0.257 e. The molecule has 3 heterocycles. The number of nitrogens with zero attached hydrogens (tertiary/aromatic N) is 1. The molecular formula is C27H30NO2+. The lowest BCUT2D eigenvalue weighted by atomic mass is 9.87. The molecule has 2 aromatic carbocycles. The Bertz CT molecular complexity index is 1320. The van der Waals surface area contributed by atoms with Crippen molar-refractivity contribution in [2.24, 2.45) is 13.0 Å². The van der Waals surface area contributed by atoms with E-state index in [0.717, 1.165) is 40.3 Å². The number of pyridine rings is 1. The highest BCUT2D eigenvalue weighted by atomic mass is 16.5. The molecule has 0 unspecified atom stereocenters. The van der Waals surface area contributed by atoms with Crippen LogP contribution in [0.4, 0.5) is 0 Å². The average molecular weight is 401 g/mol. The van der Waals surface area contributed by atoms with Crippen LogP contribution in [-0.4, -0.2) is 0 Å². The van der Waals surface area contributed by atoms with E-state index in [1.165, 1.54) is 33.0 Å². The van der Waals surface area contributed by atoms with E-state index >= 15 is 0 Å². The van der Waals surface area contributed by atoms with Crippen LogP contribution in [0.3, 0.4) is 0 Å². The number of furan rings is 1. The second-order valence-corrected chi connectivity index (χ2v) is 9.53. The van der Waals surface area contributed by atoms with Crippen molar-refractivity contribution in [3.63, 3.8) is 0 Å². The zero-order valence-corrected chi connectivity index (χ0v) is 19.0. The Morgan fingerprint density at radius 3 is 2.50 bits per heavy atom. The molecule has 0 atom stereocenters. The number of aryl methyl sites for hydroxylation is 2. The second-order valence-electron chi connectivity index (χ2n) is 9.53. The van der Waals surface area contributed by atoms with Crippen LogP contribution in [-0.2, 0) is 13.5 Å². The summed E-state index contributed by atoms with van der Waals surface area (Å²) in [5.74, 6) is 2.80. The highest BCUT2D eigenvalue weighted by Crippen LogP contribution is 2.51. The molecule has 0 saturated heterocycles. The summed E-state index contributed by atoms with van der Waals surface area (Å²) in [5.41, 5.74) is 9.60. The van der Waals surface area contributed by atoms with E-state index in [2.05, 4.69) is 77.4 Å². The number of fused-ring (bicyclic) bond motifs is 3. The number of hydrogen-bond acceptors (Lipinski definition) is 2. The molecule has 30 heavy (non-hydrogen) atoms. The third-order valence-electron chi connectivity index (χ3n) is 6.50. The summed E-state index contributed by atoms with van der Waals surface area (Å²) >= 11 is 0. The van der Waals surface area contributed by atoms with E-state index in [1.807, 2.05) is 0 Å². The monoisotopic (exact) mass is 400 g/mol. The molecule has 1 aliphatic heterocycles. The van der Waals surface area contributed by atoms with Crippen LogP contribution < -0.4 is 9.30 Å². The molecule has 5 rings (SSSR count). The molecule has 0 amide bonds. The van der Waals surface area contributed by atoms with Crippen LogP contribution in [0.15, 0.2) is 34.9 Å². The van der Waals surface area contributed by atoms with E-state index in [1.54, 1.807) is 6.26 Å². The zero-order chi connectivity index (χ0) is 21.3. The van der Waals surface area contributed by atoms with Gasteiger partial charge in [-0.3, -0.25) is 0 Å². The summed E-state index contributed by atoms with van der Waals surface area (Å²) in [5, 5.41) is 2.50. The number of ether oxygens (including phenoxy) is 1. The first-order valence-electron chi connectivity index (χ1n) is 11.0. The van der Waals surface area contributed by atoms with Gasteiger partial charge in [0.1, 0.15) is 12.8 Å². The quantitative estimate of drug-likeness (QED) is 0.301. The maximum atomic E-state index is 6.74. The minimum atomic E-state index is 0.287. The Morgan fingerprint density at radius 1 is 1.03 bits per heavy atom. The predicted octanol–water partition coefficient (Wildman–Crippen LogP) is 7.12. The fourth-order valence-electron chi connectivity index (χ4n) is 5.06. The molecule has 0 aliphatic carbocycles. The molecular weight excluding hydrogens is 370 g/mol. The van der Waals surface area contributed by atoms with Gasteiger partial charge in [0.25, 0.3) is 11.2 Å². The van der Waals surface area contributed by atoms with Gasteiger partial charge in [0.05, 0.1) is 17.4 Å². The first-order valence-corrected chi connectivity index (χ1v) is 11.0. The van der Waals surface area contributed by atoms with E-state index in [9.17, 15) is 0 Å². The molecule has 2 aromatic heterocycles. The van der Waals surface area contributed by atoms with Crippen molar-refractivity contribution in [3.05, 3.63) is 52.8 Å². The molecule has 0 saturated carbocycles. The lowest BCUT2D eigenvalue weighted by Crippen LogP contribution is -2.34. The SMILES string of the molecule is Cc1cc2cc(CC(C)C)cc3c2c(c1C)-c1c(c(C(C)C)c2occc2[n+]1C)O3. The Labute approximate surface area is 178 Å². The molecule has 0 radical (unpaired) electrons. The Kier molecular flexibility index (Phi) is 4.22. The standard InChI is InChI=1S/C27H30NO2/c1-14(2)10-18-12-19-11-16(5)17(6)23-24(19)21(13-18)30-27-22(15(3)4)26-20(8-9-29-26)28(7)25(23)27/h8-9,11-15H,10H2,1-7H3/q+1. The van der Waals surface area contributed by atoms with E-state index in [4.69, 9.17) is 9.15 Å². The number of benzene rings is 2. The molecule has 3 nitrogen and oxygen atoms in total. The summed E-state index contributed by atoms with van der Waals surface area (Å²) in [4.78, 5) is 0. The highest BCUT2D eigenvalue weighted by molar-refractivity contribution is 6.06. The topological polar surface area (TPSA) is 26.2 Å². The maximum Gasteiger partial charge on any atom is 0.257 e. The van der Waals surface area contributed by atoms with Crippen LogP contribution in [0.5, 0.6) is 11.5 Å². The predicted molar refractivity (Wildman–Crippen MR) is 123 cm³/mol. The number of rotatable bonds is 3. The fraction of sp³-hybridized carbons (Fsp3) is 0.370. The third kappa shape index (κ3) is 2.61. The third-order valence-corrected chi connectivity index (χ3v) is 6.50. The van der Waals surface area contributed by atoms with Crippen molar-refractivity contribution in [1.82, 2.24) is 0 Å². The van der Waals surface area contributed by atoms with E-state index < -0.39 is 0 Å².